The van der Waals surface area contributed by atoms with Gasteiger partial charge in [0.2, 0.25) is 0 Å². The average molecular weight is 398 g/mol. The highest BCUT2D eigenvalue weighted by Gasteiger charge is 2.20. The van der Waals surface area contributed by atoms with E-state index in [1.165, 1.54) is 13.1 Å². The standard InChI is InChI=1S/C20H26N6O3/c1-10(2)26-17-15(9-23-26)13(7-16(25-17)20(29)21-5)18(27)22-8-14-11(3)6-12(4)24-19(14)28/h6-7,9-10,18,22,27H,8H2,1-5H3,(H,21,29)(H,24,28). The van der Waals surface area contributed by atoms with Crippen LogP contribution in [0.2, 0.25) is 0 Å². The van der Waals surface area contributed by atoms with Crippen molar-refractivity contribution in [1.82, 2.24) is 30.4 Å². The van der Waals surface area contributed by atoms with Gasteiger partial charge in [-0.1, -0.05) is 0 Å². The minimum absolute atomic E-state index is 0.0339. The molecule has 9 nitrogen and oxygen atoms in total. The van der Waals surface area contributed by atoms with Crippen LogP contribution in [-0.2, 0) is 6.54 Å². The van der Waals surface area contributed by atoms with E-state index in [9.17, 15) is 14.7 Å². The minimum Gasteiger partial charge on any atom is -0.374 e. The number of amides is 1. The lowest BCUT2D eigenvalue weighted by Crippen LogP contribution is -2.27. The number of fused-ring (bicyclic) bond motifs is 1. The SMILES string of the molecule is CNC(=O)c1cc(C(O)NCc2c(C)cc(C)[nH]c2=O)c2cnn(C(C)C)c2n1. The molecule has 0 aromatic carbocycles. The molecule has 3 aromatic heterocycles. The summed E-state index contributed by atoms with van der Waals surface area (Å²) in [5, 5.41) is 21.3. The number of pyridine rings is 2. The first-order valence-corrected chi connectivity index (χ1v) is 9.44. The van der Waals surface area contributed by atoms with Crippen LogP contribution in [0.1, 0.15) is 59.0 Å². The first kappa shape index (κ1) is 20.7. The molecule has 154 valence electrons. The van der Waals surface area contributed by atoms with Gasteiger partial charge in [-0.25, -0.2) is 9.67 Å². The molecule has 3 aromatic rings. The van der Waals surface area contributed by atoms with Crippen molar-refractivity contribution in [3.63, 3.8) is 0 Å². The molecule has 9 heteroatoms. The molecular formula is C20H26N6O3. The van der Waals surface area contributed by atoms with Crippen molar-refractivity contribution in [3.05, 3.63) is 56.8 Å². The van der Waals surface area contributed by atoms with Crippen LogP contribution in [0.25, 0.3) is 11.0 Å². The van der Waals surface area contributed by atoms with Crippen LogP contribution in [0.4, 0.5) is 0 Å². The second-order valence-corrected chi connectivity index (χ2v) is 7.32. The number of rotatable bonds is 6. The lowest BCUT2D eigenvalue weighted by Gasteiger charge is -2.16. The number of aliphatic hydroxyl groups excluding tert-OH is 1. The molecule has 0 saturated heterocycles. The number of carbonyl (C=O) groups is 1. The van der Waals surface area contributed by atoms with Gasteiger partial charge in [0.1, 0.15) is 11.9 Å². The highest BCUT2D eigenvalue weighted by molar-refractivity contribution is 5.95. The Morgan fingerprint density at radius 2 is 2.03 bits per heavy atom. The summed E-state index contributed by atoms with van der Waals surface area (Å²) in [4.78, 5) is 31.6. The quantitative estimate of drug-likeness (QED) is 0.466. The smallest absolute Gasteiger partial charge is 0.269 e. The summed E-state index contributed by atoms with van der Waals surface area (Å²) in [7, 11) is 1.52. The van der Waals surface area contributed by atoms with Gasteiger partial charge in [-0.2, -0.15) is 5.10 Å². The van der Waals surface area contributed by atoms with Crippen molar-refractivity contribution >= 4 is 16.9 Å². The molecule has 1 atom stereocenters. The first-order valence-electron chi connectivity index (χ1n) is 9.44. The van der Waals surface area contributed by atoms with Crippen LogP contribution in [0.5, 0.6) is 0 Å². The molecule has 29 heavy (non-hydrogen) atoms. The Morgan fingerprint density at radius 1 is 1.31 bits per heavy atom. The molecule has 4 N–H and O–H groups in total. The van der Waals surface area contributed by atoms with Gasteiger partial charge in [-0.05, 0) is 45.4 Å². The summed E-state index contributed by atoms with van der Waals surface area (Å²) in [5.74, 6) is -0.359. The lowest BCUT2D eigenvalue weighted by atomic mass is 10.1. The highest BCUT2D eigenvalue weighted by Crippen LogP contribution is 2.25. The summed E-state index contributed by atoms with van der Waals surface area (Å²) in [5.41, 5.74) is 3.14. The van der Waals surface area contributed by atoms with Crippen LogP contribution in [-0.4, -0.2) is 37.8 Å². The molecule has 0 fully saturated rings. The van der Waals surface area contributed by atoms with Crippen LogP contribution in [0.3, 0.4) is 0 Å². The maximum Gasteiger partial charge on any atom is 0.269 e. The second-order valence-electron chi connectivity index (χ2n) is 7.32. The summed E-state index contributed by atoms with van der Waals surface area (Å²) in [6.07, 6.45) is 0.508. The van der Waals surface area contributed by atoms with Gasteiger partial charge in [-0.3, -0.25) is 14.9 Å². The maximum atomic E-state index is 12.2. The molecule has 1 unspecified atom stereocenters. The third kappa shape index (κ3) is 4.06. The van der Waals surface area contributed by atoms with Gasteiger partial charge in [0.15, 0.2) is 5.65 Å². The van der Waals surface area contributed by atoms with E-state index in [1.807, 2.05) is 33.8 Å². The second kappa shape index (κ2) is 8.14. The van der Waals surface area contributed by atoms with Crippen LogP contribution in [0, 0.1) is 13.8 Å². The zero-order valence-corrected chi connectivity index (χ0v) is 17.2. The molecule has 3 rings (SSSR count). The van der Waals surface area contributed by atoms with Crippen molar-refractivity contribution in [2.45, 2.75) is 46.5 Å². The topological polar surface area (TPSA) is 125 Å². The molecule has 0 aliphatic carbocycles. The molecule has 0 aliphatic rings. The van der Waals surface area contributed by atoms with E-state index in [0.717, 1.165) is 11.3 Å². The number of nitrogens with zero attached hydrogens (tertiary/aromatic N) is 3. The third-order valence-electron chi connectivity index (χ3n) is 4.81. The summed E-state index contributed by atoms with van der Waals surface area (Å²) in [6, 6.07) is 3.45. The first-order chi connectivity index (χ1) is 13.7. The Bertz CT molecular complexity index is 1120. The fraction of sp³-hybridized carbons (Fsp3) is 0.400. The molecule has 3 heterocycles. The van der Waals surface area contributed by atoms with E-state index in [1.54, 1.807) is 10.9 Å². The molecule has 0 radical (unpaired) electrons. The predicted octanol–water partition coefficient (Wildman–Crippen LogP) is 1.46. The van der Waals surface area contributed by atoms with E-state index in [4.69, 9.17) is 0 Å². The molecule has 0 bridgehead atoms. The molecule has 0 spiro atoms. The maximum absolute atomic E-state index is 12.2. The van der Waals surface area contributed by atoms with Crippen LogP contribution < -0.4 is 16.2 Å². The minimum atomic E-state index is -1.12. The Morgan fingerprint density at radius 3 is 2.66 bits per heavy atom. The molecule has 0 aliphatic heterocycles. The number of aromatic nitrogens is 4. The number of aliphatic hydroxyl groups is 1. The summed E-state index contributed by atoms with van der Waals surface area (Å²) >= 11 is 0. The molecule has 1 amide bonds. The van der Waals surface area contributed by atoms with E-state index >= 15 is 0 Å². The number of nitrogens with one attached hydrogen (secondary N) is 3. The fourth-order valence-corrected chi connectivity index (χ4v) is 3.30. The fourth-order valence-electron chi connectivity index (χ4n) is 3.30. The number of aromatic amines is 1. The van der Waals surface area contributed by atoms with Crippen LogP contribution >= 0.6 is 0 Å². The number of hydrogen-bond acceptors (Lipinski definition) is 6. The summed E-state index contributed by atoms with van der Waals surface area (Å²) in [6.45, 7) is 7.76. The number of aryl methyl sites for hydroxylation is 2. The van der Waals surface area contributed by atoms with Crippen molar-refractivity contribution in [2.75, 3.05) is 7.05 Å². The van der Waals surface area contributed by atoms with Crippen LogP contribution in [0.15, 0.2) is 23.1 Å². The predicted molar refractivity (Wildman–Crippen MR) is 110 cm³/mol. The van der Waals surface area contributed by atoms with Crippen molar-refractivity contribution in [3.8, 4) is 0 Å². The number of hydrogen-bond donors (Lipinski definition) is 4. The number of carbonyl (C=O) groups excluding carboxylic acids is 1. The summed E-state index contributed by atoms with van der Waals surface area (Å²) < 4.78 is 1.70. The third-order valence-corrected chi connectivity index (χ3v) is 4.81. The Labute approximate surface area is 168 Å². The lowest BCUT2D eigenvalue weighted by molar-refractivity contribution is 0.0957. The van der Waals surface area contributed by atoms with Crippen molar-refractivity contribution < 1.29 is 9.90 Å². The van der Waals surface area contributed by atoms with Crippen molar-refractivity contribution in [2.24, 2.45) is 0 Å². The average Bonchev–Trinajstić information content (AvgIpc) is 3.09. The Balaban J connectivity index is 1.99. The van der Waals surface area contributed by atoms with Gasteiger partial charge in [0.25, 0.3) is 11.5 Å². The monoisotopic (exact) mass is 398 g/mol. The normalized spacial score (nSPS) is 12.5. The van der Waals surface area contributed by atoms with Gasteiger partial charge in [0.05, 0.1) is 6.20 Å². The van der Waals surface area contributed by atoms with E-state index in [-0.39, 0.29) is 29.7 Å². The van der Waals surface area contributed by atoms with Gasteiger partial charge < -0.3 is 15.4 Å². The molecular weight excluding hydrogens is 372 g/mol. The van der Waals surface area contributed by atoms with Gasteiger partial charge in [0, 0.05) is 41.8 Å². The Kier molecular flexibility index (Phi) is 5.81. The largest absolute Gasteiger partial charge is 0.374 e. The van der Waals surface area contributed by atoms with Gasteiger partial charge >= 0.3 is 0 Å². The molecule has 0 saturated carbocycles. The zero-order valence-electron chi connectivity index (χ0n) is 17.2. The highest BCUT2D eigenvalue weighted by atomic mass is 16.3. The van der Waals surface area contributed by atoms with Gasteiger partial charge in [-0.15, -0.1) is 0 Å². The van der Waals surface area contributed by atoms with E-state index in [2.05, 4.69) is 25.7 Å². The van der Waals surface area contributed by atoms with E-state index < -0.39 is 6.23 Å². The van der Waals surface area contributed by atoms with E-state index in [0.29, 0.717) is 22.2 Å². The zero-order chi connectivity index (χ0) is 21.3. The Hall–Kier alpha value is -3.04. The number of H-pyrrole nitrogens is 1. The van der Waals surface area contributed by atoms with Crippen molar-refractivity contribution in [1.29, 1.82) is 0 Å².